The van der Waals surface area contributed by atoms with E-state index in [2.05, 4.69) is 20.0 Å². The topological polar surface area (TPSA) is 66.6 Å². The van der Waals surface area contributed by atoms with Gasteiger partial charge in [-0.2, -0.15) is 4.98 Å². The molecule has 0 saturated heterocycles. The Kier molecular flexibility index (Phi) is 5.63. The van der Waals surface area contributed by atoms with Crippen LogP contribution in [0.3, 0.4) is 0 Å². The molecule has 136 valence electrons. The third kappa shape index (κ3) is 4.34. The van der Waals surface area contributed by atoms with Crippen molar-refractivity contribution in [2.24, 2.45) is 5.92 Å². The number of carbonyl (C=O) groups is 1. The van der Waals surface area contributed by atoms with Gasteiger partial charge in [0, 0.05) is 31.5 Å². The normalized spacial score (nSPS) is 15.8. The van der Waals surface area contributed by atoms with E-state index >= 15 is 0 Å². The molecule has 0 radical (unpaired) electrons. The molecule has 1 aliphatic carbocycles. The van der Waals surface area contributed by atoms with Gasteiger partial charge in [0.15, 0.2) is 0 Å². The number of likely N-dealkylation sites (N-methyl/N-ethyl adjacent to an activating group) is 1. The Morgan fingerprint density at radius 3 is 2.68 bits per heavy atom. The van der Waals surface area contributed by atoms with Crippen molar-refractivity contribution in [3.8, 4) is 0 Å². The second-order valence-corrected chi connectivity index (χ2v) is 7.29. The van der Waals surface area contributed by atoms with Crippen molar-refractivity contribution in [1.29, 1.82) is 0 Å². The van der Waals surface area contributed by atoms with Crippen LogP contribution in [0, 0.1) is 12.8 Å². The van der Waals surface area contributed by atoms with E-state index in [1.165, 1.54) is 32.1 Å². The highest BCUT2D eigenvalue weighted by atomic mass is 16.2. The minimum atomic E-state index is -0.0858. The van der Waals surface area contributed by atoms with Gasteiger partial charge in [-0.1, -0.05) is 19.3 Å². The van der Waals surface area contributed by atoms with Crippen LogP contribution in [-0.2, 0) is 0 Å². The highest BCUT2D eigenvalue weighted by Gasteiger charge is 2.25. The van der Waals surface area contributed by atoms with E-state index in [-0.39, 0.29) is 11.7 Å². The molecule has 1 saturated carbocycles. The lowest BCUT2D eigenvalue weighted by Gasteiger charge is -2.30. The number of hydrogen-bond donors (Lipinski definition) is 0. The first kappa shape index (κ1) is 17.8. The minimum absolute atomic E-state index is 0.0858. The third-order valence-electron chi connectivity index (χ3n) is 4.93. The fourth-order valence-electron chi connectivity index (χ4n) is 3.42. The molecule has 7 heteroatoms. The maximum absolute atomic E-state index is 13.1. The van der Waals surface area contributed by atoms with Crippen LogP contribution < -0.4 is 0 Å². The van der Waals surface area contributed by atoms with E-state index in [0.29, 0.717) is 18.2 Å². The van der Waals surface area contributed by atoms with Gasteiger partial charge < -0.3 is 9.80 Å². The average molecular weight is 344 g/mol. The quantitative estimate of drug-likeness (QED) is 0.802. The van der Waals surface area contributed by atoms with Crippen molar-refractivity contribution < 1.29 is 4.79 Å². The lowest BCUT2D eigenvalue weighted by Crippen LogP contribution is -2.40. The zero-order valence-electron chi connectivity index (χ0n) is 15.5. The summed E-state index contributed by atoms with van der Waals surface area (Å²) >= 11 is 0. The number of aryl methyl sites for hydroxylation is 1. The summed E-state index contributed by atoms with van der Waals surface area (Å²) in [4.78, 5) is 25.6. The van der Waals surface area contributed by atoms with E-state index in [4.69, 9.17) is 0 Å². The molecular formula is C18H28N6O. The molecule has 2 heterocycles. The maximum Gasteiger partial charge on any atom is 0.293 e. The molecule has 1 aliphatic rings. The van der Waals surface area contributed by atoms with Gasteiger partial charge in [0.25, 0.3) is 11.7 Å². The molecule has 0 bridgehead atoms. The van der Waals surface area contributed by atoms with Gasteiger partial charge in [-0.25, -0.2) is 9.50 Å². The Labute approximate surface area is 149 Å². The van der Waals surface area contributed by atoms with E-state index < -0.39 is 0 Å². The summed E-state index contributed by atoms with van der Waals surface area (Å²) in [5.74, 6) is 1.24. The van der Waals surface area contributed by atoms with Crippen LogP contribution in [0.15, 0.2) is 12.3 Å². The average Bonchev–Trinajstić information content (AvgIpc) is 3.04. The van der Waals surface area contributed by atoms with E-state index in [1.807, 2.05) is 32.0 Å². The molecule has 1 fully saturated rings. The van der Waals surface area contributed by atoms with Crippen LogP contribution >= 0.6 is 0 Å². The second-order valence-electron chi connectivity index (χ2n) is 7.29. The molecule has 3 rings (SSSR count). The molecule has 2 aromatic rings. The first-order valence-electron chi connectivity index (χ1n) is 9.17. The zero-order valence-corrected chi connectivity index (χ0v) is 15.5. The molecule has 0 spiro atoms. The maximum atomic E-state index is 13.1. The molecule has 0 unspecified atom stereocenters. The predicted octanol–water partition coefficient (Wildman–Crippen LogP) is 2.02. The van der Waals surface area contributed by atoms with E-state index in [1.54, 1.807) is 10.7 Å². The summed E-state index contributed by atoms with van der Waals surface area (Å²) in [6.07, 6.45) is 7.99. The Balaban J connectivity index is 1.79. The fraction of sp³-hybridized carbons (Fsp3) is 0.667. The molecule has 0 aliphatic heterocycles. The lowest BCUT2D eigenvalue weighted by molar-refractivity contribution is 0.0689. The molecule has 2 aromatic heterocycles. The van der Waals surface area contributed by atoms with E-state index in [0.717, 1.165) is 18.8 Å². The van der Waals surface area contributed by atoms with Crippen molar-refractivity contribution >= 4 is 11.7 Å². The SMILES string of the molecule is Cc1ccnc2nc(C(=O)N(CCN(C)C)CC3CCCCC3)nn12. The Hall–Kier alpha value is -2.02. The third-order valence-corrected chi connectivity index (χ3v) is 4.93. The summed E-state index contributed by atoms with van der Waals surface area (Å²) in [6, 6.07) is 1.86. The lowest BCUT2D eigenvalue weighted by atomic mass is 9.89. The van der Waals surface area contributed by atoms with Gasteiger partial charge in [-0.05, 0) is 45.8 Å². The molecule has 25 heavy (non-hydrogen) atoms. The Morgan fingerprint density at radius 2 is 2.00 bits per heavy atom. The Bertz CT molecular complexity index is 719. The second kappa shape index (κ2) is 7.91. The molecule has 0 atom stereocenters. The largest absolute Gasteiger partial charge is 0.334 e. The van der Waals surface area contributed by atoms with Crippen LogP contribution in [0.25, 0.3) is 5.78 Å². The number of aromatic nitrogens is 4. The first-order valence-corrected chi connectivity index (χ1v) is 9.17. The van der Waals surface area contributed by atoms with E-state index in [9.17, 15) is 4.79 Å². The standard InChI is InChI=1S/C18H28N6O/c1-14-9-10-19-18-20-16(21-24(14)18)17(25)23(12-11-22(2)3)13-15-7-5-4-6-8-15/h9-10,15H,4-8,11-13H2,1-3H3. The van der Waals surface area contributed by atoms with Crippen molar-refractivity contribution in [2.75, 3.05) is 33.7 Å². The van der Waals surface area contributed by atoms with Gasteiger partial charge in [0.2, 0.25) is 5.82 Å². The number of hydrogen-bond acceptors (Lipinski definition) is 5. The van der Waals surface area contributed by atoms with Gasteiger partial charge in [-0.15, -0.1) is 5.10 Å². The predicted molar refractivity (Wildman–Crippen MR) is 96.6 cm³/mol. The number of carbonyl (C=O) groups excluding carboxylic acids is 1. The molecule has 1 amide bonds. The van der Waals surface area contributed by atoms with Gasteiger partial charge in [-0.3, -0.25) is 4.79 Å². The summed E-state index contributed by atoms with van der Waals surface area (Å²) in [5, 5.41) is 4.39. The van der Waals surface area contributed by atoms with Crippen molar-refractivity contribution in [2.45, 2.75) is 39.0 Å². The summed E-state index contributed by atoms with van der Waals surface area (Å²) < 4.78 is 1.64. The number of nitrogens with zero attached hydrogens (tertiary/aromatic N) is 6. The highest BCUT2D eigenvalue weighted by molar-refractivity contribution is 5.90. The summed E-state index contributed by atoms with van der Waals surface area (Å²) in [5.41, 5.74) is 0.920. The number of rotatable bonds is 6. The van der Waals surface area contributed by atoms with Crippen molar-refractivity contribution in [1.82, 2.24) is 29.4 Å². The molecule has 0 N–H and O–H groups in total. The highest BCUT2D eigenvalue weighted by Crippen LogP contribution is 2.24. The molecule has 7 nitrogen and oxygen atoms in total. The monoisotopic (exact) mass is 344 g/mol. The van der Waals surface area contributed by atoms with Crippen LogP contribution in [0.4, 0.5) is 0 Å². The smallest absolute Gasteiger partial charge is 0.293 e. The van der Waals surface area contributed by atoms with Gasteiger partial charge in [0.05, 0.1) is 0 Å². The van der Waals surface area contributed by atoms with Crippen LogP contribution in [0.1, 0.15) is 48.4 Å². The summed E-state index contributed by atoms with van der Waals surface area (Å²) in [6.45, 7) is 4.27. The fourth-order valence-corrected chi connectivity index (χ4v) is 3.42. The first-order chi connectivity index (χ1) is 12.0. The van der Waals surface area contributed by atoms with Crippen LogP contribution in [-0.4, -0.2) is 69.0 Å². The molecular weight excluding hydrogens is 316 g/mol. The van der Waals surface area contributed by atoms with Gasteiger partial charge in [0.1, 0.15) is 0 Å². The zero-order chi connectivity index (χ0) is 17.8. The van der Waals surface area contributed by atoms with Crippen molar-refractivity contribution in [3.63, 3.8) is 0 Å². The minimum Gasteiger partial charge on any atom is -0.334 e. The number of amides is 1. The summed E-state index contributed by atoms with van der Waals surface area (Å²) in [7, 11) is 4.05. The number of fused-ring (bicyclic) bond motifs is 1. The van der Waals surface area contributed by atoms with Crippen LogP contribution in [0.5, 0.6) is 0 Å². The van der Waals surface area contributed by atoms with Gasteiger partial charge >= 0.3 is 0 Å². The molecule has 0 aromatic carbocycles. The van der Waals surface area contributed by atoms with Crippen LogP contribution in [0.2, 0.25) is 0 Å². The Morgan fingerprint density at radius 1 is 1.24 bits per heavy atom. The van der Waals surface area contributed by atoms with Crippen molar-refractivity contribution in [3.05, 3.63) is 23.8 Å².